The van der Waals surface area contributed by atoms with E-state index in [0.717, 1.165) is 55.3 Å². The van der Waals surface area contributed by atoms with E-state index in [1.54, 1.807) is 6.08 Å². The van der Waals surface area contributed by atoms with Gasteiger partial charge >= 0.3 is 0 Å². The molecule has 0 spiro atoms. The summed E-state index contributed by atoms with van der Waals surface area (Å²) in [5.74, 6) is -0.523. The molecule has 1 fully saturated rings. The quantitative estimate of drug-likeness (QED) is 0.753. The Morgan fingerprint density at radius 3 is 2.79 bits per heavy atom. The fourth-order valence-electron chi connectivity index (χ4n) is 2.94. The number of benzene rings is 2. The summed E-state index contributed by atoms with van der Waals surface area (Å²) in [6.07, 6.45) is 2.59. The summed E-state index contributed by atoms with van der Waals surface area (Å²) in [5, 5.41) is 12.8. The second-order valence-corrected chi connectivity index (χ2v) is 5.81. The molecular formula is C19H21NO4. The maximum atomic E-state index is 10.8. The predicted molar refractivity (Wildman–Crippen MR) is 89.9 cm³/mol. The molecule has 24 heavy (non-hydrogen) atoms. The summed E-state index contributed by atoms with van der Waals surface area (Å²) in [4.78, 5) is 12.3. The Bertz CT molecular complexity index is 735. The molecule has 0 bridgehead atoms. The van der Waals surface area contributed by atoms with Crippen molar-refractivity contribution in [2.45, 2.75) is 0 Å². The van der Waals surface area contributed by atoms with Gasteiger partial charge in [0.1, 0.15) is 32.0 Å². The predicted octanol–water partition coefficient (Wildman–Crippen LogP) is -0.103. The number of hydrogen-bond donors (Lipinski definition) is 1. The van der Waals surface area contributed by atoms with E-state index < -0.39 is 5.97 Å². The number of carboxylic acid groups (broad SMARTS) is 1. The number of hydrogen-bond acceptors (Lipinski definition) is 4. The molecule has 0 unspecified atom stereocenters. The fraction of sp³-hybridized carbons (Fsp3) is 0.316. The first-order chi connectivity index (χ1) is 11.7. The van der Waals surface area contributed by atoms with Gasteiger partial charge in [-0.3, -0.25) is 0 Å². The Morgan fingerprint density at radius 2 is 2.00 bits per heavy atom. The minimum atomic E-state index is -1.22. The van der Waals surface area contributed by atoms with Crippen LogP contribution in [0.3, 0.4) is 0 Å². The van der Waals surface area contributed by atoms with E-state index in [9.17, 15) is 9.90 Å². The minimum Gasteiger partial charge on any atom is -0.545 e. The lowest BCUT2D eigenvalue weighted by Gasteiger charge is -2.23. The highest BCUT2D eigenvalue weighted by Crippen LogP contribution is 2.29. The van der Waals surface area contributed by atoms with Gasteiger partial charge in [-0.2, -0.15) is 0 Å². The van der Waals surface area contributed by atoms with E-state index in [1.165, 1.54) is 4.90 Å². The molecule has 0 aliphatic carbocycles. The molecule has 2 aromatic carbocycles. The average molecular weight is 327 g/mol. The third-order valence-corrected chi connectivity index (χ3v) is 4.23. The van der Waals surface area contributed by atoms with Gasteiger partial charge in [-0.25, -0.2) is 0 Å². The lowest BCUT2D eigenvalue weighted by Crippen LogP contribution is -3.14. The topological polar surface area (TPSA) is 63.0 Å². The van der Waals surface area contributed by atoms with Crippen LogP contribution >= 0.6 is 0 Å². The molecule has 126 valence electrons. The number of aliphatic carboxylic acids is 1. The van der Waals surface area contributed by atoms with Crippen LogP contribution in [0.4, 0.5) is 0 Å². The number of rotatable bonds is 6. The molecule has 1 heterocycles. The van der Waals surface area contributed by atoms with E-state index in [1.807, 2.05) is 36.4 Å². The van der Waals surface area contributed by atoms with Crippen molar-refractivity contribution in [3.63, 3.8) is 0 Å². The molecule has 0 amide bonds. The highest BCUT2D eigenvalue weighted by atomic mass is 16.5. The van der Waals surface area contributed by atoms with Crippen LogP contribution in [0.1, 0.15) is 5.56 Å². The van der Waals surface area contributed by atoms with E-state index in [-0.39, 0.29) is 0 Å². The summed E-state index contributed by atoms with van der Waals surface area (Å²) in [7, 11) is 0. The van der Waals surface area contributed by atoms with Crippen LogP contribution in [-0.2, 0) is 9.53 Å². The molecular weight excluding hydrogens is 306 g/mol. The lowest BCUT2D eigenvalue weighted by molar-refractivity contribution is -0.908. The largest absolute Gasteiger partial charge is 0.545 e. The van der Waals surface area contributed by atoms with Crippen molar-refractivity contribution >= 4 is 22.8 Å². The summed E-state index contributed by atoms with van der Waals surface area (Å²) in [5.41, 5.74) is 0.772. The van der Waals surface area contributed by atoms with Gasteiger partial charge in [0.05, 0.1) is 19.2 Å². The summed E-state index contributed by atoms with van der Waals surface area (Å²) in [6.45, 7) is 5.08. The summed E-state index contributed by atoms with van der Waals surface area (Å²) >= 11 is 0. The van der Waals surface area contributed by atoms with Gasteiger partial charge in [-0.05, 0) is 29.0 Å². The van der Waals surface area contributed by atoms with Crippen LogP contribution in [-0.4, -0.2) is 45.4 Å². The number of morpholine rings is 1. The van der Waals surface area contributed by atoms with Crippen molar-refractivity contribution < 1.29 is 24.3 Å². The molecule has 1 N–H and O–H groups in total. The van der Waals surface area contributed by atoms with Crippen LogP contribution in [0.2, 0.25) is 0 Å². The molecule has 5 nitrogen and oxygen atoms in total. The Labute approximate surface area is 141 Å². The number of fused-ring (bicyclic) bond motifs is 1. The number of nitrogens with one attached hydrogen (secondary N) is 1. The summed E-state index contributed by atoms with van der Waals surface area (Å²) < 4.78 is 11.3. The maximum absolute atomic E-state index is 10.8. The second kappa shape index (κ2) is 7.95. The molecule has 2 aromatic rings. The Hall–Kier alpha value is -2.37. The van der Waals surface area contributed by atoms with Gasteiger partial charge in [0.25, 0.3) is 0 Å². The van der Waals surface area contributed by atoms with Crippen LogP contribution in [0.15, 0.2) is 42.5 Å². The van der Waals surface area contributed by atoms with Gasteiger partial charge in [0.15, 0.2) is 0 Å². The highest BCUT2D eigenvalue weighted by Gasteiger charge is 2.14. The van der Waals surface area contributed by atoms with E-state index >= 15 is 0 Å². The third-order valence-electron chi connectivity index (χ3n) is 4.23. The van der Waals surface area contributed by atoms with Gasteiger partial charge in [-0.15, -0.1) is 0 Å². The maximum Gasteiger partial charge on any atom is 0.137 e. The number of quaternary nitrogens is 1. The third kappa shape index (κ3) is 4.13. The first-order valence-corrected chi connectivity index (χ1v) is 8.19. The number of ether oxygens (including phenoxy) is 2. The van der Waals surface area contributed by atoms with Crippen molar-refractivity contribution in [1.29, 1.82) is 0 Å². The fourth-order valence-corrected chi connectivity index (χ4v) is 2.94. The van der Waals surface area contributed by atoms with Crippen molar-refractivity contribution in [1.82, 2.24) is 0 Å². The smallest absolute Gasteiger partial charge is 0.137 e. The van der Waals surface area contributed by atoms with Crippen LogP contribution in [0.25, 0.3) is 16.8 Å². The first kappa shape index (κ1) is 16.5. The Morgan fingerprint density at radius 1 is 1.21 bits per heavy atom. The van der Waals surface area contributed by atoms with E-state index in [0.29, 0.717) is 12.4 Å². The van der Waals surface area contributed by atoms with Gasteiger partial charge in [0, 0.05) is 5.56 Å². The average Bonchev–Trinajstić information content (AvgIpc) is 2.61. The van der Waals surface area contributed by atoms with Gasteiger partial charge in [-0.1, -0.05) is 30.3 Å². The van der Waals surface area contributed by atoms with Crippen LogP contribution < -0.4 is 14.7 Å². The molecule has 0 aromatic heterocycles. The molecule has 0 radical (unpaired) electrons. The molecule has 0 atom stereocenters. The Balaban J connectivity index is 1.78. The van der Waals surface area contributed by atoms with Crippen molar-refractivity contribution in [2.75, 3.05) is 39.5 Å². The Kier molecular flexibility index (Phi) is 5.46. The molecule has 1 aliphatic heterocycles. The summed E-state index contributed by atoms with van der Waals surface area (Å²) in [6, 6.07) is 11.7. The van der Waals surface area contributed by atoms with Gasteiger partial charge in [0.2, 0.25) is 0 Å². The molecule has 1 aliphatic rings. The van der Waals surface area contributed by atoms with Crippen molar-refractivity contribution in [2.24, 2.45) is 0 Å². The zero-order valence-corrected chi connectivity index (χ0v) is 13.5. The molecule has 0 saturated carbocycles. The monoisotopic (exact) mass is 327 g/mol. The second-order valence-electron chi connectivity index (χ2n) is 5.81. The zero-order valence-electron chi connectivity index (χ0n) is 13.5. The van der Waals surface area contributed by atoms with Crippen LogP contribution in [0.5, 0.6) is 5.75 Å². The van der Waals surface area contributed by atoms with Crippen LogP contribution in [0, 0.1) is 0 Å². The lowest BCUT2D eigenvalue weighted by atomic mass is 10.0. The number of carboxylic acids is 1. The van der Waals surface area contributed by atoms with Crippen molar-refractivity contribution in [3.8, 4) is 5.75 Å². The molecule has 1 saturated heterocycles. The molecule has 3 rings (SSSR count). The van der Waals surface area contributed by atoms with E-state index in [2.05, 4.69) is 0 Å². The molecule has 5 heteroatoms. The highest BCUT2D eigenvalue weighted by molar-refractivity contribution is 5.96. The van der Waals surface area contributed by atoms with Gasteiger partial charge < -0.3 is 24.3 Å². The number of carbonyl (C=O) groups is 1. The zero-order chi connectivity index (χ0) is 16.8. The SMILES string of the molecule is O=C([O-])/C=C/c1c(OCC[NH+]2CCOCC2)ccc2ccccc12. The number of carbonyl (C=O) groups excluding carboxylic acids is 1. The van der Waals surface area contributed by atoms with Crippen molar-refractivity contribution in [3.05, 3.63) is 48.0 Å². The van der Waals surface area contributed by atoms with E-state index in [4.69, 9.17) is 9.47 Å². The standard InChI is InChI=1S/C19H21NO4/c21-19(22)8-6-17-16-4-2-1-3-15(16)5-7-18(17)24-14-11-20-9-12-23-13-10-20/h1-8H,9-14H2,(H,21,22)/b8-6+. The first-order valence-electron chi connectivity index (χ1n) is 8.19. The minimum absolute atomic E-state index is 0.583. The normalized spacial score (nSPS) is 15.8.